The van der Waals surface area contributed by atoms with E-state index < -0.39 is 29.7 Å². The highest BCUT2D eigenvalue weighted by atomic mass is 16.6. The first-order valence-corrected chi connectivity index (χ1v) is 18.4. The Hall–Kier alpha value is -5.73. The van der Waals surface area contributed by atoms with Gasteiger partial charge in [0, 0.05) is 74.2 Å². The molecule has 8 rings (SSSR count). The van der Waals surface area contributed by atoms with E-state index in [1.165, 1.54) is 0 Å². The molecule has 3 aromatic rings. The summed E-state index contributed by atoms with van der Waals surface area (Å²) in [6.45, 7) is 5.64. The van der Waals surface area contributed by atoms with Crippen molar-refractivity contribution in [1.82, 2.24) is 25.3 Å². The number of rotatable bonds is 8. The fourth-order valence-corrected chi connectivity index (χ4v) is 8.01. The van der Waals surface area contributed by atoms with Crippen LogP contribution in [-0.4, -0.2) is 107 Å². The number of likely N-dealkylation sites (tertiary alicyclic amines) is 1. The van der Waals surface area contributed by atoms with Gasteiger partial charge in [-0.15, -0.1) is 0 Å². The number of piperazine rings is 1. The predicted octanol–water partition coefficient (Wildman–Crippen LogP) is 3.19. The zero-order valence-corrected chi connectivity index (χ0v) is 29.5. The second kappa shape index (κ2) is 14.0. The highest BCUT2D eigenvalue weighted by molar-refractivity contribution is 6.23. The van der Waals surface area contributed by atoms with Gasteiger partial charge in [0.15, 0.2) is 5.82 Å². The summed E-state index contributed by atoms with van der Waals surface area (Å²) in [6, 6.07) is 14.2. The molecule has 15 heteroatoms. The molecule has 0 bridgehead atoms. The maximum Gasteiger partial charge on any atom is 0.410 e. The van der Waals surface area contributed by atoms with E-state index in [0.29, 0.717) is 18.9 Å². The molecular weight excluding hydrogens is 680 g/mol. The molecule has 4 atom stereocenters. The summed E-state index contributed by atoms with van der Waals surface area (Å²) in [6.07, 6.45) is 3.50. The summed E-state index contributed by atoms with van der Waals surface area (Å²) in [4.78, 5) is 82.8. The number of anilines is 3. The van der Waals surface area contributed by atoms with E-state index >= 15 is 0 Å². The molecule has 2 aromatic carbocycles. The Labute approximate surface area is 306 Å². The summed E-state index contributed by atoms with van der Waals surface area (Å²) in [7, 11) is 0. The third-order valence-electron chi connectivity index (χ3n) is 11.2. The number of hydrogen-bond acceptors (Lipinski definition) is 10. The molecule has 3 saturated heterocycles. The Morgan fingerprint density at radius 1 is 0.849 bits per heavy atom. The minimum atomic E-state index is -0.993. The van der Waals surface area contributed by atoms with Gasteiger partial charge in [0.05, 0.1) is 17.5 Å². The molecule has 1 unspecified atom stereocenters. The molecular formula is C38H42N8O7. The first-order chi connectivity index (χ1) is 25.6. The van der Waals surface area contributed by atoms with E-state index in [4.69, 9.17) is 4.74 Å². The maximum atomic E-state index is 13.3. The number of aromatic amines is 1. The normalized spacial score (nSPS) is 24.2. The SMILES string of the molecule is C[C@H]1CCN1C(=O)O[C@@H]1CC[C@H](c2cc(NC(=O)Cc3ccc(N4CCN(c5ccc6c(c5)C(=O)N(C5CCC(=O)NC5=O)C6=O)CC4)cc3)n[nH]2)C1. The summed E-state index contributed by atoms with van der Waals surface area (Å²) >= 11 is 0. The molecule has 53 heavy (non-hydrogen) atoms. The monoisotopic (exact) mass is 722 g/mol. The second-order valence-electron chi connectivity index (χ2n) is 14.6. The summed E-state index contributed by atoms with van der Waals surface area (Å²) in [5.74, 6) is -1.56. The number of imide groups is 2. The fourth-order valence-electron chi connectivity index (χ4n) is 8.01. The molecule has 4 fully saturated rings. The number of carbonyl (C=O) groups is 6. The van der Waals surface area contributed by atoms with Gasteiger partial charge in [0.1, 0.15) is 12.1 Å². The zero-order chi connectivity index (χ0) is 36.8. The van der Waals surface area contributed by atoms with Crippen LogP contribution in [0.3, 0.4) is 0 Å². The van der Waals surface area contributed by atoms with Gasteiger partial charge in [0.2, 0.25) is 17.7 Å². The van der Waals surface area contributed by atoms with Crippen LogP contribution in [0.1, 0.15) is 83.3 Å². The number of piperidine rings is 1. The lowest BCUT2D eigenvalue weighted by atomic mass is 10.0. The fraction of sp³-hybridized carbons (Fsp3) is 0.447. The van der Waals surface area contributed by atoms with E-state index in [1.54, 1.807) is 17.0 Å². The average Bonchev–Trinajstić information content (AvgIpc) is 3.86. The van der Waals surface area contributed by atoms with Crippen LogP contribution in [0.4, 0.5) is 22.0 Å². The van der Waals surface area contributed by atoms with E-state index in [1.807, 2.05) is 43.3 Å². The first kappa shape index (κ1) is 34.4. The third-order valence-corrected chi connectivity index (χ3v) is 11.2. The van der Waals surface area contributed by atoms with E-state index in [9.17, 15) is 28.8 Å². The van der Waals surface area contributed by atoms with Crippen molar-refractivity contribution in [3.63, 3.8) is 0 Å². The van der Waals surface area contributed by atoms with Gasteiger partial charge in [-0.3, -0.25) is 39.3 Å². The van der Waals surface area contributed by atoms with Crippen molar-refractivity contribution in [3.8, 4) is 0 Å². The number of fused-ring (bicyclic) bond motifs is 1. The highest BCUT2D eigenvalue weighted by Gasteiger charge is 2.45. The quantitative estimate of drug-likeness (QED) is 0.293. The van der Waals surface area contributed by atoms with Crippen LogP contribution in [0.15, 0.2) is 48.5 Å². The van der Waals surface area contributed by atoms with Crippen molar-refractivity contribution in [2.45, 2.75) is 76.0 Å². The number of ether oxygens (including phenoxy) is 1. The van der Waals surface area contributed by atoms with Crippen LogP contribution in [0.5, 0.6) is 0 Å². The number of H-pyrrole nitrogens is 1. The van der Waals surface area contributed by atoms with Crippen LogP contribution in [0, 0.1) is 0 Å². The first-order valence-electron chi connectivity index (χ1n) is 18.4. The lowest BCUT2D eigenvalue weighted by molar-refractivity contribution is -0.136. The van der Waals surface area contributed by atoms with Crippen molar-refractivity contribution in [1.29, 1.82) is 0 Å². The molecule has 0 spiro atoms. The molecule has 6 amide bonds. The van der Waals surface area contributed by atoms with Gasteiger partial charge >= 0.3 is 6.09 Å². The van der Waals surface area contributed by atoms with Crippen LogP contribution in [0.25, 0.3) is 0 Å². The van der Waals surface area contributed by atoms with Crippen molar-refractivity contribution in [2.24, 2.45) is 0 Å². The second-order valence-corrected chi connectivity index (χ2v) is 14.6. The van der Waals surface area contributed by atoms with Crippen molar-refractivity contribution >= 4 is 52.8 Å². The van der Waals surface area contributed by atoms with Crippen molar-refractivity contribution in [2.75, 3.05) is 47.8 Å². The molecule has 5 aliphatic rings. The average molecular weight is 723 g/mol. The van der Waals surface area contributed by atoms with Gasteiger partial charge in [0.25, 0.3) is 11.8 Å². The van der Waals surface area contributed by atoms with Crippen LogP contribution in [-0.2, 0) is 25.5 Å². The Kier molecular flexibility index (Phi) is 9.08. The largest absolute Gasteiger partial charge is 0.446 e. The Morgan fingerprint density at radius 2 is 1.57 bits per heavy atom. The van der Waals surface area contributed by atoms with Gasteiger partial charge in [-0.05, 0) is 74.9 Å². The van der Waals surface area contributed by atoms with Gasteiger partial charge in [-0.1, -0.05) is 12.1 Å². The molecule has 5 heterocycles. The zero-order valence-electron chi connectivity index (χ0n) is 29.5. The summed E-state index contributed by atoms with van der Waals surface area (Å²) in [5.41, 5.74) is 4.20. The number of carbonyl (C=O) groups excluding carboxylic acids is 6. The topological polar surface area (TPSA) is 177 Å². The van der Waals surface area contributed by atoms with E-state index in [-0.39, 0.29) is 60.5 Å². The van der Waals surface area contributed by atoms with E-state index in [0.717, 1.165) is 72.8 Å². The Morgan fingerprint density at radius 3 is 2.26 bits per heavy atom. The lowest BCUT2D eigenvalue weighted by Gasteiger charge is -2.38. The number of benzene rings is 2. The minimum absolute atomic E-state index is 0.0767. The standard InChI is InChI=1S/C38H42N8O7/c1-22-12-13-45(22)38(52)53-27-8-4-24(19-27)30-21-32(42-41-30)39-34(48)18-23-2-5-25(6-3-23)43-14-16-44(17-15-43)26-7-9-28-29(20-26)37(51)46(36(28)50)31-10-11-33(47)40-35(31)49/h2-3,5-7,9,20-22,24,27,31H,4,8,10-19H2,1H3,(H,40,47,49)(H2,39,41,42,48)/t22-,24-,27+,31?/m0/s1. The lowest BCUT2D eigenvalue weighted by Crippen LogP contribution is -2.54. The van der Waals surface area contributed by atoms with Crippen LogP contribution < -0.4 is 20.4 Å². The minimum Gasteiger partial charge on any atom is -0.446 e. The number of nitrogens with one attached hydrogen (secondary N) is 3. The highest BCUT2D eigenvalue weighted by Crippen LogP contribution is 2.37. The van der Waals surface area contributed by atoms with Gasteiger partial charge in [-0.2, -0.15) is 5.10 Å². The third kappa shape index (κ3) is 6.82. The van der Waals surface area contributed by atoms with Crippen LogP contribution in [0.2, 0.25) is 0 Å². The summed E-state index contributed by atoms with van der Waals surface area (Å²) in [5, 5.41) is 12.5. The predicted molar refractivity (Wildman–Crippen MR) is 193 cm³/mol. The van der Waals surface area contributed by atoms with Gasteiger partial charge in [-0.25, -0.2) is 4.79 Å². The molecule has 4 aliphatic heterocycles. The Balaban J connectivity index is 0.803. The molecule has 15 nitrogen and oxygen atoms in total. The Bertz CT molecular complexity index is 1970. The van der Waals surface area contributed by atoms with Crippen LogP contribution >= 0.6 is 0 Å². The van der Waals surface area contributed by atoms with Gasteiger partial charge < -0.3 is 24.8 Å². The number of nitrogens with zero attached hydrogens (tertiary/aromatic N) is 5. The number of aromatic nitrogens is 2. The number of amides is 6. The molecule has 0 radical (unpaired) electrons. The van der Waals surface area contributed by atoms with Crippen molar-refractivity contribution in [3.05, 3.63) is 70.9 Å². The molecule has 3 N–H and O–H groups in total. The maximum absolute atomic E-state index is 13.3. The molecule has 276 valence electrons. The molecule has 1 aromatic heterocycles. The van der Waals surface area contributed by atoms with E-state index in [2.05, 4.69) is 30.6 Å². The van der Waals surface area contributed by atoms with Crippen molar-refractivity contribution < 1.29 is 33.5 Å². The smallest absolute Gasteiger partial charge is 0.410 e. The number of hydrogen-bond donors (Lipinski definition) is 3. The molecule has 1 aliphatic carbocycles. The molecule has 1 saturated carbocycles. The summed E-state index contributed by atoms with van der Waals surface area (Å²) < 4.78 is 5.73.